The zero-order chi connectivity index (χ0) is 20.3. The zero-order valence-corrected chi connectivity index (χ0v) is 16.9. The van der Waals surface area contributed by atoms with Gasteiger partial charge in [-0.2, -0.15) is 9.40 Å². The maximum atomic E-state index is 12.8. The molecule has 152 valence electrons. The highest BCUT2D eigenvalue weighted by molar-refractivity contribution is 7.89. The predicted molar refractivity (Wildman–Crippen MR) is 112 cm³/mol. The van der Waals surface area contributed by atoms with Crippen molar-refractivity contribution in [2.75, 3.05) is 18.4 Å². The number of benzene rings is 2. The fourth-order valence-corrected chi connectivity index (χ4v) is 5.15. The third-order valence-electron chi connectivity index (χ3n) is 5.19. The standard InChI is InChI=1S/C21H24N4O3S/c26-21(16-25-20-8-4-3-7-17(20)15-22-25)23-18-9-11-19(12-10-18)29(27,28)24-13-5-1-2-6-14-24/h3-4,7-12,15H,1-2,5-6,13-14,16H2,(H,23,26). The van der Waals surface area contributed by atoms with Gasteiger partial charge in [0.25, 0.3) is 0 Å². The molecule has 0 saturated carbocycles. The molecule has 0 radical (unpaired) electrons. The van der Waals surface area contributed by atoms with Gasteiger partial charge in [0.05, 0.1) is 16.6 Å². The van der Waals surface area contributed by atoms with Gasteiger partial charge in [0, 0.05) is 24.2 Å². The fourth-order valence-electron chi connectivity index (χ4n) is 3.63. The Hall–Kier alpha value is -2.71. The van der Waals surface area contributed by atoms with Gasteiger partial charge in [-0.1, -0.05) is 31.0 Å². The van der Waals surface area contributed by atoms with Gasteiger partial charge in [-0.15, -0.1) is 0 Å². The van der Waals surface area contributed by atoms with Crippen LogP contribution in [0, 0.1) is 0 Å². The predicted octanol–water partition coefficient (Wildman–Crippen LogP) is 3.24. The van der Waals surface area contributed by atoms with Gasteiger partial charge < -0.3 is 5.32 Å². The molecular weight excluding hydrogens is 388 g/mol. The SMILES string of the molecule is O=C(Cn1ncc2ccccc21)Nc1ccc(S(=O)(=O)N2CCCCCC2)cc1. The van der Waals surface area contributed by atoms with Crippen LogP contribution in [0.25, 0.3) is 10.9 Å². The first-order valence-corrected chi connectivity index (χ1v) is 11.3. The molecule has 1 aliphatic rings. The molecule has 0 unspecified atom stereocenters. The average molecular weight is 413 g/mol. The molecule has 0 aliphatic carbocycles. The van der Waals surface area contributed by atoms with Crippen molar-refractivity contribution in [1.82, 2.24) is 14.1 Å². The molecule has 0 atom stereocenters. The van der Waals surface area contributed by atoms with Crippen molar-refractivity contribution in [3.63, 3.8) is 0 Å². The Kier molecular flexibility index (Phi) is 5.64. The highest BCUT2D eigenvalue weighted by Crippen LogP contribution is 2.22. The summed E-state index contributed by atoms with van der Waals surface area (Å²) in [5.74, 6) is -0.220. The van der Waals surface area contributed by atoms with E-state index in [2.05, 4.69) is 10.4 Å². The Morgan fingerprint density at radius 3 is 2.38 bits per heavy atom. The molecule has 1 aromatic heterocycles. The van der Waals surface area contributed by atoms with Crippen molar-refractivity contribution in [3.05, 3.63) is 54.7 Å². The van der Waals surface area contributed by atoms with Crippen LogP contribution in [0.15, 0.2) is 59.6 Å². The van der Waals surface area contributed by atoms with Gasteiger partial charge in [-0.25, -0.2) is 8.42 Å². The fraction of sp³-hybridized carbons (Fsp3) is 0.333. The lowest BCUT2D eigenvalue weighted by atomic mass is 10.2. The Morgan fingerprint density at radius 1 is 0.966 bits per heavy atom. The van der Waals surface area contributed by atoms with Crippen LogP contribution in [-0.4, -0.2) is 41.5 Å². The summed E-state index contributed by atoms with van der Waals surface area (Å²) >= 11 is 0. The van der Waals surface area contributed by atoms with Crippen LogP contribution in [0.4, 0.5) is 5.69 Å². The van der Waals surface area contributed by atoms with Gasteiger partial charge in [-0.05, 0) is 43.2 Å². The van der Waals surface area contributed by atoms with E-state index in [0.29, 0.717) is 18.8 Å². The second-order valence-electron chi connectivity index (χ2n) is 7.25. The second-order valence-corrected chi connectivity index (χ2v) is 9.19. The average Bonchev–Trinajstić information content (AvgIpc) is 2.92. The van der Waals surface area contributed by atoms with Crippen molar-refractivity contribution >= 4 is 32.5 Å². The third-order valence-corrected chi connectivity index (χ3v) is 7.10. The minimum absolute atomic E-state index is 0.0847. The first kappa shape index (κ1) is 19.6. The third kappa shape index (κ3) is 4.33. The van der Waals surface area contributed by atoms with Gasteiger partial charge in [0.2, 0.25) is 15.9 Å². The molecule has 2 aromatic carbocycles. The monoisotopic (exact) mass is 412 g/mol. The Labute approximate surface area is 170 Å². The largest absolute Gasteiger partial charge is 0.324 e. The molecule has 1 saturated heterocycles. The number of hydrogen-bond donors (Lipinski definition) is 1. The molecule has 8 heteroatoms. The van der Waals surface area contributed by atoms with Crippen LogP contribution in [0.3, 0.4) is 0 Å². The molecule has 2 heterocycles. The van der Waals surface area contributed by atoms with Crippen LogP contribution in [-0.2, 0) is 21.4 Å². The van der Waals surface area contributed by atoms with Crippen molar-refractivity contribution < 1.29 is 13.2 Å². The maximum absolute atomic E-state index is 12.8. The molecule has 1 fully saturated rings. The van der Waals surface area contributed by atoms with Gasteiger partial charge in [0.1, 0.15) is 6.54 Å². The van der Waals surface area contributed by atoms with E-state index in [1.54, 1.807) is 39.4 Å². The lowest BCUT2D eigenvalue weighted by molar-refractivity contribution is -0.116. The van der Waals surface area contributed by atoms with E-state index in [4.69, 9.17) is 0 Å². The Morgan fingerprint density at radius 2 is 1.66 bits per heavy atom. The van der Waals surface area contributed by atoms with E-state index < -0.39 is 10.0 Å². The number of para-hydroxylation sites is 1. The van der Waals surface area contributed by atoms with E-state index >= 15 is 0 Å². The topological polar surface area (TPSA) is 84.3 Å². The molecule has 1 N–H and O–H groups in total. The lowest BCUT2D eigenvalue weighted by Crippen LogP contribution is -2.31. The summed E-state index contributed by atoms with van der Waals surface area (Å²) in [7, 11) is -3.49. The number of amides is 1. The first-order chi connectivity index (χ1) is 14.0. The number of carbonyl (C=O) groups excluding carboxylic acids is 1. The molecule has 1 aliphatic heterocycles. The van der Waals surface area contributed by atoms with Gasteiger partial charge in [-0.3, -0.25) is 9.48 Å². The summed E-state index contributed by atoms with van der Waals surface area (Å²) in [4.78, 5) is 12.7. The quantitative estimate of drug-likeness (QED) is 0.697. The molecule has 0 spiro atoms. The van der Waals surface area contributed by atoms with Gasteiger partial charge >= 0.3 is 0 Å². The number of aromatic nitrogens is 2. The highest BCUT2D eigenvalue weighted by Gasteiger charge is 2.25. The maximum Gasteiger partial charge on any atom is 0.246 e. The van der Waals surface area contributed by atoms with Crippen molar-refractivity contribution in [2.24, 2.45) is 0 Å². The number of nitrogens with zero attached hydrogens (tertiary/aromatic N) is 3. The molecule has 7 nitrogen and oxygen atoms in total. The number of hydrogen-bond acceptors (Lipinski definition) is 4. The summed E-state index contributed by atoms with van der Waals surface area (Å²) in [5, 5.41) is 8.03. The molecule has 0 bridgehead atoms. The van der Waals surface area contributed by atoms with Crippen LogP contribution < -0.4 is 5.32 Å². The van der Waals surface area contributed by atoms with Crippen molar-refractivity contribution in [1.29, 1.82) is 0 Å². The van der Waals surface area contributed by atoms with E-state index in [9.17, 15) is 13.2 Å². The Bertz CT molecular complexity index is 1100. The Balaban J connectivity index is 1.43. The normalized spacial score (nSPS) is 15.9. The van der Waals surface area contributed by atoms with E-state index in [1.165, 1.54) is 0 Å². The van der Waals surface area contributed by atoms with Crippen molar-refractivity contribution in [3.8, 4) is 0 Å². The number of nitrogens with one attached hydrogen (secondary N) is 1. The lowest BCUT2D eigenvalue weighted by Gasteiger charge is -2.20. The van der Waals surface area contributed by atoms with Crippen LogP contribution in [0.2, 0.25) is 0 Å². The summed E-state index contributed by atoms with van der Waals surface area (Å²) in [6, 6.07) is 14.1. The van der Waals surface area contributed by atoms with E-state index in [1.807, 2.05) is 24.3 Å². The second kappa shape index (κ2) is 8.34. The number of rotatable bonds is 5. The van der Waals surface area contributed by atoms with Crippen LogP contribution in [0.5, 0.6) is 0 Å². The minimum atomic E-state index is -3.49. The molecule has 4 rings (SSSR count). The van der Waals surface area contributed by atoms with E-state index in [-0.39, 0.29) is 17.3 Å². The van der Waals surface area contributed by atoms with Crippen molar-refractivity contribution in [2.45, 2.75) is 37.1 Å². The van der Waals surface area contributed by atoms with Crippen LogP contribution in [0.1, 0.15) is 25.7 Å². The summed E-state index contributed by atoms with van der Waals surface area (Å²) in [6.07, 6.45) is 5.67. The zero-order valence-electron chi connectivity index (χ0n) is 16.1. The number of fused-ring (bicyclic) bond motifs is 1. The van der Waals surface area contributed by atoms with Gasteiger partial charge in [0.15, 0.2) is 0 Å². The molecule has 3 aromatic rings. The number of carbonyl (C=O) groups is 1. The smallest absolute Gasteiger partial charge is 0.246 e. The minimum Gasteiger partial charge on any atom is -0.324 e. The highest BCUT2D eigenvalue weighted by atomic mass is 32.2. The summed E-state index contributed by atoms with van der Waals surface area (Å²) in [5.41, 5.74) is 1.45. The summed E-state index contributed by atoms with van der Waals surface area (Å²) < 4.78 is 28.9. The number of anilines is 1. The molecular formula is C21H24N4O3S. The van der Waals surface area contributed by atoms with E-state index in [0.717, 1.165) is 36.6 Å². The molecule has 29 heavy (non-hydrogen) atoms. The number of sulfonamides is 1. The van der Waals surface area contributed by atoms with Crippen LogP contribution >= 0.6 is 0 Å². The first-order valence-electron chi connectivity index (χ1n) is 9.85. The molecule has 1 amide bonds. The summed E-state index contributed by atoms with van der Waals surface area (Å²) in [6.45, 7) is 1.22.